The molecule has 40 heavy (non-hydrogen) atoms. The highest BCUT2D eigenvalue weighted by Crippen LogP contribution is 2.37. The molecule has 1 fully saturated rings. The van der Waals surface area contributed by atoms with E-state index in [9.17, 15) is 4.79 Å². The molecule has 1 aromatic carbocycles. The summed E-state index contributed by atoms with van der Waals surface area (Å²) in [5.74, 6) is 1.67. The molecule has 1 unspecified atom stereocenters. The molecule has 1 N–H and O–H groups in total. The molecule has 0 aliphatic heterocycles. The number of aromatic amines is 1. The van der Waals surface area contributed by atoms with Crippen LogP contribution in [-0.4, -0.2) is 43.4 Å². The maximum atomic E-state index is 11.8. The van der Waals surface area contributed by atoms with Gasteiger partial charge in [-0.05, 0) is 42.4 Å². The van der Waals surface area contributed by atoms with Crippen LogP contribution in [0, 0.1) is 11.8 Å². The molecule has 0 bridgehead atoms. The monoisotopic (exact) mass is 558 g/mol. The first kappa shape index (κ1) is 26.4. The second-order valence-electron chi connectivity index (χ2n) is 10.7. The minimum atomic E-state index is -0.648. The summed E-state index contributed by atoms with van der Waals surface area (Å²) in [7, 11) is 1.72. The van der Waals surface area contributed by atoms with Crippen molar-refractivity contribution >= 4 is 22.6 Å². The maximum absolute atomic E-state index is 11.8. The van der Waals surface area contributed by atoms with Gasteiger partial charge in [0, 0.05) is 31.6 Å². The molecule has 4 heterocycles. The van der Waals surface area contributed by atoms with Crippen LogP contribution in [0.3, 0.4) is 0 Å². The molecule has 1 aliphatic rings. The van der Waals surface area contributed by atoms with Gasteiger partial charge in [0.1, 0.15) is 11.5 Å². The lowest BCUT2D eigenvalue weighted by Crippen LogP contribution is -2.21. The Balaban J connectivity index is 1.61. The highest BCUT2D eigenvalue weighted by atomic mass is 35.5. The fourth-order valence-electron chi connectivity index (χ4n) is 5.77. The van der Waals surface area contributed by atoms with Gasteiger partial charge in [0.25, 0.3) is 0 Å². The van der Waals surface area contributed by atoms with Crippen LogP contribution in [0.4, 0.5) is 0 Å². The quantitative estimate of drug-likeness (QED) is 0.245. The highest BCUT2D eigenvalue weighted by Gasteiger charge is 2.28. The lowest BCUT2D eigenvalue weighted by atomic mass is 9.83. The molecule has 0 radical (unpaired) electrons. The largest absolute Gasteiger partial charge is 0.439 e. The van der Waals surface area contributed by atoms with Crippen molar-refractivity contribution in [3.05, 3.63) is 81.8 Å². The highest BCUT2D eigenvalue weighted by molar-refractivity contribution is 6.30. The van der Waals surface area contributed by atoms with Gasteiger partial charge in [0.15, 0.2) is 0 Å². The number of nitrogens with zero attached hydrogens (tertiary/aromatic N) is 5. The number of pyridine rings is 2. The summed E-state index contributed by atoms with van der Waals surface area (Å²) in [6.45, 7) is 3.62. The number of imidazole rings is 1. The normalized spacial score (nSPS) is 18.3. The molecular weight excluding hydrogens is 528 g/mol. The second kappa shape index (κ2) is 11.3. The fourth-order valence-corrected chi connectivity index (χ4v) is 5.95. The number of hydrogen-bond donors (Lipinski definition) is 1. The molecule has 4 aromatic heterocycles. The van der Waals surface area contributed by atoms with Gasteiger partial charge in [0.2, 0.25) is 5.82 Å². The molecule has 6 rings (SSSR count). The first-order valence-electron chi connectivity index (χ1n) is 13.6. The topological polar surface area (TPSA) is 112 Å². The first-order chi connectivity index (χ1) is 19.5. The zero-order valence-electron chi connectivity index (χ0n) is 22.5. The van der Waals surface area contributed by atoms with Crippen molar-refractivity contribution in [2.45, 2.75) is 45.1 Å². The summed E-state index contributed by atoms with van der Waals surface area (Å²) in [6, 6.07) is 14.0. The van der Waals surface area contributed by atoms with Gasteiger partial charge in [-0.25, -0.2) is 14.8 Å². The van der Waals surface area contributed by atoms with Crippen molar-refractivity contribution in [1.82, 2.24) is 29.7 Å². The number of H-pyrrole nitrogens is 1. The molecule has 5 aromatic rings. The SMILES string of the molecule is COCC(c1ccccc1)c1nc2cc(-c3noc(=O)[nH]3)nc(-c3cncc(Cl)c3)c2n1CC1CCC(C)CC1. The van der Waals surface area contributed by atoms with E-state index < -0.39 is 5.76 Å². The Morgan fingerprint density at radius 2 is 1.93 bits per heavy atom. The molecular formula is C30H31ClN6O3. The Morgan fingerprint density at radius 3 is 2.62 bits per heavy atom. The van der Waals surface area contributed by atoms with E-state index in [0.717, 1.165) is 40.4 Å². The lowest BCUT2D eigenvalue weighted by Gasteiger charge is -2.28. The Morgan fingerprint density at radius 1 is 1.12 bits per heavy atom. The van der Waals surface area contributed by atoms with Crippen LogP contribution in [0.1, 0.15) is 49.9 Å². The predicted octanol–water partition coefficient (Wildman–Crippen LogP) is 6.09. The minimum absolute atomic E-state index is 0.0956. The smallest absolute Gasteiger partial charge is 0.384 e. The van der Waals surface area contributed by atoms with E-state index in [-0.39, 0.29) is 11.7 Å². The molecule has 206 valence electrons. The molecule has 10 heteroatoms. The first-order valence-corrected chi connectivity index (χ1v) is 14.0. The number of ether oxygens (including phenoxy) is 1. The van der Waals surface area contributed by atoms with E-state index in [4.69, 9.17) is 30.8 Å². The standard InChI is InChI=1S/C30H31ClN6O3/c1-18-8-10-19(11-9-18)16-37-27-24(34-29(37)23(17-39-2)20-6-4-3-5-7-20)13-25(28-35-30(38)40-36-28)33-26(27)21-12-22(31)15-32-14-21/h3-7,12-15,18-19,23H,8-11,16-17H2,1-2H3,(H,35,36,38). The number of fused-ring (bicyclic) bond motifs is 1. The van der Waals surface area contributed by atoms with Gasteiger partial charge in [-0.2, -0.15) is 0 Å². The Labute approximate surface area is 236 Å². The third-order valence-corrected chi connectivity index (χ3v) is 8.05. The van der Waals surface area contributed by atoms with Gasteiger partial charge in [-0.3, -0.25) is 14.5 Å². The fraction of sp³-hybridized carbons (Fsp3) is 0.367. The van der Waals surface area contributed by atoms with Crippen LogP contribution in [-0.2, 0) is 11.3 Å². The van der Waals surface area contributed by atoms with Crippen LogP contribution >= 0.6 is 11.6 Å². The Bertz CT molecular complexity index is 1670. The molecule has 0 spiro atoms. The average molecular weight is 559 g/mol. The Hall–Kier alpha value is -3.82. The van der Waals surface area contributed by atoms with Crippen LogP contribution in [0.5, 0.6) is 0 Å². The predicted molar refractivity (Wildman–Crippen MR) is 153 cm³/mol. The number of halogens is 1. The van der Waals surface area contributed by atoms with Crippen LogP contribution in [0.15, 0.2) is 64.2 Å². The van der Waals surface area contributed by atoms with Crippen LogP contribution in [0.2, 0.25) is 5.02 Å². The third-order valence-electron chi connectivity index (χ3n) is 7.84. The van der Waals surface area contributed by atoms with Crippen molar-refractivity contribution in [1.29, 1.82) is 0 Å². The number of rotatable bonds is 8. The van der Waals surface area contributed by atoms with E-state index in [2.05, 4.69) is 38.7 Å². The molecule has 1 saturated carbocycles. The van der Waals surface area contributed by atoms with Gasteiger partial charge in [0.05, 0.1) is 34.3 Å². The summed E-state index contributed by atoms with van der Waals surface area (Å²) >= 11 is 6.39. The van der Waals surface area contributed by atoms with Crippen LogP contribution in [0.25, 0.3) is 33.8 Å². The van der Waals surface area contributed by atoms with Crippen molar-refractivity contribution in [3.8, 4) is 22.8 Å². The van der Waals surface area contributed by atoms with Crippen molar-refractivity contribution in [2.24, 2.45) is 11.8 Å². The van der Waals surface area contributed by atoms with E-state index in [1.54, 1.807) is 19.5 Å². The maximum Gasteiger partial charge on any atom is 0.439 e. The lowest BCUT2D eigenvalue weighted by molar-refractivity contribution is 0.184. The van der Waals surface area contributed by atoms with Crippen molar-refractivity contribution in [2.75, 3.05) is 13.7 Å². The van der Waals surface area contributed by atoms with Crippen molar-refractivity contribution < 1.29 is 9.26 Å². The summed E-state index contributed by atoms with van der Waals surface area (Å²) in [6.07, 6.45) is 8.11. The van der Waals surface area contributed by atoms with Gasteiger partial charge >= 0.3 is 5.76 Å². The van der Waals surface area contributed by atoms with Gasteiger partial charge in [-0.1, -0.05) is 66.9 Å². The molecule has 1 aliphatic carbocycles. The summed E-state index contributed by atoms with van der Waals surface area (Å²) in [5, 5.41) is 4.39. The molecule has 9 nitrogen and oxygen atoms in total. The zero-order valence-corrected chi connectivity index (χ0v) is 23.3. The van der Waals surface area contributed by atoms with E-state index >= 15 is 0 Å². The second-order valence-corrected chi connectivity index (χ2v) is 11.1. The molecule has 0 saturated heterocycles. The number of aromatic nitrogens is 6. The van der Waals surface area contributed by atoms with E-state index in [1.165, 1.54) is 25.7 Å². The third kappa shape index (κ3) is 5.31. The average Bonchev–Trinajstić information content (AvgIpc) is 3.56. The number of nitrogens with one attached hydrogen (secondary N) is 1. The van der Waals surface area contributed by atoms with Crippen LogP contribution < -0.4 is 5.76 Å². The Kier molecular flexibility index (Phi) is 7.49. The minimum Gasteiger partial charge on any atom is -0.384 e. The van der Waals surface area contributed by atoms with E-state index in [1.807, 2.05) is 30.3 Å². The molecule has 0 amide bonds. The summed E-state index contributed by atoms with van der Waals surface area (Å²) in [4.78, 5) is 28.9. The van der Waals surface area contributed by atoms with Crippen molar-refractivity contribution in [3.63, 3.8) is 0 Å². The number of methoxy groups -OCH3 is 1. The van der Waals surface area contributed by atoms with E-state index in [0.29, 0.717) is 28.9 Å². The number of benzene rings is 1. The van der Waals surface area contributed by atoms with Gasteiger partial charge in [-0.15, -0.1) is 0 Å². The summed E-state index contributed by atoms with van der Waals surface area (Å²) in [5.41, 5.74) is 4.61. The number of hydrogen-bond acceptors (Lipinski definition) is 7. The molecule has 1 atom stereocenters. The summed E-state index contributed by atoms with van der Waals surface area (Å²) < 4.78 is 12.8. The van der Waals surface area contributed by atoms with Gasteiger partial charge < -0.3 is 9.30 Å². The zero-order chi connectivity index (χ0) is 27.6.